The SMILES string of the molecule is CC/C=C\C/C=C\C/C=C\C/C=C\CCCCCCCCCCCCCCCCCCCCCCC(=O)OC(COC(=O)CCCCCCCCCCCCCCCCCCCC/C=C\C/C=C\C/C=C\CCCCCCC)COC(OCC[N+](C)(C)C)C(=O)O. The van der Waals surface area contributed by atoms with E-state index in [1.54, 1.807) is 0 Å². The molecule has 2 atom stereocenters. The van der Waals surface area contributed by atoms with Crippen molar-refractivity contribution >= 4 is 17.9 Å². The van der Waals surface area contributed by atoms with E-state index in [4.69, 9.17) is 18.9 Å². The third kappa shape index (κ3) is 73.7. The maximum absolute atomic E-state index is 13.0. The van der Waals surface area contributed by atoms with Gasteiger partial charge in [0.15, 0.2) is 6.10 Å². The maximum atomic E-state index is 13.0. The summed E-state index contributed by atoms with van der Waals surface area (Å²) in [5.74, 6) is -1.98. The highest BCUT2D eigenvalue weighted by atomic mass is 16.7. The second-order valence-corrected chi connectivity index (χ2v) is 27.3. The number of carbonyl (C=O) groups excluding carboxylic acids is 2. The number of allylic oxidation sites excluding steroid dienone is 14. The molecular weight excluding hydrogens is 1130 g/mol. The number of nitrogens with zero attached hydrogens (tertiary/aromatic N) is 1. The smallest absolute Gasteiger partial charge is 0.361 e. The minimum atomic E-state index is -1.51. The number of carboxylic acids is 1. The molecule has 91 heavy (non-hydrogen) atoms. The summed E-state index contributed by atoms with van der Waals surface area (Å²) in [5, 5.41) is 9.77. The van der Waals surface area contributed by atoms with E-state index in [-0.39, 0.29) is 38.2 Å². The Hall–Kier alpha value is -3.53. The number of rotatable bonds is 72. The van der Waals surface area contributed by atoms with Crippen LogP contribution in [0.25, 0.3) is 0 Å². The summed E-state index contributed by atoms with van der Waals surface area (Å²) < 4.78 is 23.0. The minimum absolute atomic E-state index is 0.180. The molecule has 0 spiro atoms. The zero-order valence-electron chi connectivity index (χ0n) is 60.5. The molecule has 0 saturated heterocycles. The summed E-state index contributed by atoms with van der Waals surface area (Å²) in [4.78, 5) is 37.7. The van der Waals surface area contributed by atoms with Crippen molar-refractivity contribution in [2.45, 2.75) is 373 Å². The van der Waals surface area contributed by atoms with Gasteiger partial charge in [-0.2, -0.15) is 0 Å². The molecule has 0 fully saturated rings. The van der Waals surface area contributed by atoms with Crippen LogP contribution in [0.15, 0.2) is 85.1 Å². The van der Waals surface area contributed by atoms with Crippen molar-refractivity contribution < 1.29 is 42.9 Å². The minimum Gasteiger partial charge on any atom is -0.477 e. The average molecular weight is 1280 g/mol. The monoisotopic (exact) mass is 1280 g/mol. The molecule has 0 aliphatic heterocycles. The van der Waals surface area contributed by atoms with Gasteiger partial charge in [0.25, 0.3) is 6.29 Å². The molecule has 0 radical (unpaired) electrons. The number of aliphatic carboxylic acids is 1. The molecule has 528 valence electrons. The second-order valence-electron chi connectivity index (χ2n) is 27.3. The van der Waals surface area contributed by atoms with Crippen molar-refractivity contribution in [2.75, 3.05) is 47.5 Å². The number of likely N-dealkylation sites (N-methyl/N-ethyl adjacent to an activating group) is 1. The van der Waals surface area contributed by atoms with E-state index in [0.717, 1.165) is 77.0 Å². The van der Waals surface area contributed by atoms with E-state index in [9.17, 15) is 19.5 Å². The van der Waals surface area contributed by atoms with Crippen LogP contribution in [0.4, 0.5) is 0 Å². The second kappa shape index (κ2) is 72.3. The Bertz CT molecular complexity index is 1770. The lowest BCUT2D eigenvalue weighted by atomic mass is 10.0. The van der Waals surface area contributed by atoms with Gasteiger partial charge < -0.3 is 28.5 Å². The van der Waals surface area contributed by atoms with Gasteiger partial charge in [0.05, 0.1) is 34.4 Å². The molecule has 0 aliphatic rings. The summed E-state index contributed by atoms with van der Waals surface area (Å²) in [6, 6.07) is 0. The van der Waals surface area contributed by atoms with E-state index in [0.29, 0.717) is 17.4 Å². The van der Waals surface area contributed by atoms with Crippen LogP contribution in [0.5, 0.6) is 0 Å². The van der Waals surface area contributed by atoms with E-state index in [2.05, 4.69) is 98.9 Å². The molecule has 0 saturated carbocycles. The van der Waals surface area contributed by atoms with Crippen LogP contribution < -0.4 is 0 Å². The van der Waals surface area contributed by atoms with E-state index in [1.807, 2.05) is 21.1 Å². The van der Waals surface area contributed by atoms with Crippen molar-refractivity contribution in [3.8, 4) is 0 Å². The number of carbonyl (C=O) groups is 3. The van der Waals surface area contributed by atoms with Gasteiger partial charge in [0, 0.05) is 12.8 Å². The quantitative estimate of drug-likeness (QED) is 0.0211. The van der Waals surface area contributed by atoms with Gasteiger partial charge in [0.2, 0.25) is 0 Å². The Balaban J connectivity index is 4.02. The largest absolute Gasteiger partial charge is 0.477 e. The molecule has 0 bridgehead atoms. The summed E-state index contributed by atoms with van der Waals surface area (Å²) in [5.41, 5.74) is 0. The number of unbranched alkanes of at least 4 members (excludes halogenated alkanes) is 43. The highest BCUT2D eigenvalue weighted by Crippen LogP contribution is 2.19. The average Bonchev–Trinajstić information content (AvgIpc) is 3.46. The molecule has 0 heterocycles. The van der Waals surface area contributed by atoms with Gasteiger partial charge >= 0.3 is 17.9 Å². The van der Waals surface area contributed by atoms with Crippen LogP contribution >= 0.6 is 0 Å². The van der Waals surface area contributed by atoms with Crippen LogP contribution in [0.3, 0.4) is 0 Å². The molecule has 2 unspecified atom stereocenters. The lowest BCUT2D eigenvalue weighted by Crippen LogP contribution is -2.40. The fraction of sp³-hybridized carbons (Fsp3) is 0.793. The molecule has 0 aromatic rings. The van der Waals surface area contributed by atoms with Gasteiger partial charge in [-0.25, -0.2) is 4.79 Å². The molecule has 1 N–H and O–H groups in total. The molecule has 0 amide bonds. The van der Waals surface area contributed by atoms with Crippen molar-refractivity contribution in [1.82, 2.24) is 0 Å². The summed E-state index contributed by atoms with van der Waals surface area (Å²) in [6.07, 6.45) is 95.8. The fourth-order valence-electron chi connectivity index (χ4n) is 11.3. The molecule has 0 aromatic heterocycles. The Morgan fingerprint density at radius 1 is 0.341 bits per heavy atom. The van der Waals surface area contributed by atoms with E-state index in [1.165, 1.54) is 257 Å². The predicted molar refractivity (Wildman–Crippen MR) is 392 cm³/mol. The van der Waals surface area contributed by atoms with E-state index >= 15 is 0 Å². The Morgan fingerprint density at radius 2 is 0.626 bits per heavy atom. The van der Waals surface area contributed by atoms with Crippen molar-refractivity contribution in [3.05, 3.63) is 85.1 Å². The van der Waals surface area contributed by atoms with Crippen LogP contribution in [-0.2, 0) is 33.3 Å². The van der Waals surface area contributed by atoms with Crippen LogP contribution in [0.1, 0.15) is 361 Å². The number of hydrogen-bond acceptors (Lipinski definition) is 7. The van der Waals surface area contributed by atoms with Gasteiger partial charge in [-0.1, -0.05) is 343 Å². The normalized spacial score (nSPS) is 13.1. The topological polar surface area (TPSA) is 108 Å². The molecule has 0 aliphatic carbocycles. The zero-order valence-corrected chi connectivity index (χ0v) is 60.5. The molecular formula is C82H148NO8+. The number of hydrogen-bond donors (Lipinski definition) is 1. The highest BCUT2D eigenvalue weighted by Gasteiger charge is 2.25. The zero-order chi connectivity index (χ0) is 66.1. The first-order chi connectivity index (χ1) is 44.6. The third-order valence-electron chi connectivity index (χ3n) is 17.1. The summed E-state index contributed by atoms with van der Waals surface area (Å²) >= 11 is 0. The fourth-order valence-corrected chi connectivity index (χ4v) is 11.3. The maximum Gasteiger partial charge on any atom is 0.361 e. The standard InChI is InChI=1S/C82H147NO8/c1-6-8-10-12-14-16-18-20-22-24-26-28-30-32-34-36-38-40-42-44-46-48-50-52-54-56-58-60-62-64-66-68-70-72-79(84)89-76-78(77-90-82(81(86)87)88-75-74-83(3,4)5)91-80(85)73-71-69-67-65-63-61-59-57-55-53-51-49-47-45-43-41-39-37-35-33-31-29-27-25-23-21-19-17-15-13-11-9-7-2/h9,11,15,17-18,20-21,23-24,26-27,29-30,32,78,82H,6-8,10,12-14,16,19,22,25,28,31,33-77H2,1-5H3/p+1/b11-9-,17-15-,20-18-,23-21-,26-24-,29-27-,32-30-. The Labute approximate surface area is 563 Å². The molecule has 0 aromatic carbocycles. The van der Waals surface area contributed by atoms with Gasteiger partial charge in [-0.3, -0.25) is 9.59 Å². The summed E-state index contributed by atoms with van der Waals surface area (Å²) in [7, 11) is 5.99. The lowest BCUT2D eigenvalue weighted by molar-refractivity contribution is -0.870. The molecule has 9 heteroatoms. The number of carboxylic acid groups (broad SMARTS) is 1. The van der Waals surface area contributed by atoms with E-state index < -0.39 is 18.4 Å². The lowest BCUT2D eigenvalue weighted by Gasteiger charge is -2.25. The Morgan fingerprint density at radius 3 is 0.934 bits per heavy atom. The van der Waals surface area contributed by atoms with Crippen LogP contribution in [0.2, 0.25) is 0 Å². The third-order valence-corrected chi connectivity index (χ3v) is 17.1. The first-order valence-corrected chi connectivity index (χ1v) is 38.8. The highest BCUT2D eigenvalue weighted by molar-refractivity contribution is 5.71. The first kappa shape index (κ1) is 87.5. The van der Waals surface area contributed by atoms with Gasteiger partial charge in [-0.05, 0) is 89.9 Å². The van der Waals surface area contributed by atoms with Crippen molar-refractivity contribution in [3.63, 3.8) is 0 Å². The number of esters is 2. The van der Waals surface area contributed by atoms with Gasteiger partial charge in [0.1, 0.15) is 13.2 Å². The van der Waals surface area contributed by atoms with Crippen molar-refractivity contribution in [1.29, 1.82) is 0 Å². The number of quaternary nitrogens is 1. The summed E-state index contributed by atoms with van der Waals surface area (Å²) in [6.45, 7) is 4.81. The Kier molecular flexibility index (Phi) is 69.5. The molecule has 9 nitrogen and oxygen atoms in total. The number of ether oxygens (including phenoxy) is 4. The first-order valence-electron chi connectivity index (χ1n) is 38.8. The molecule has 0 rings (SSSR count). The van der Waals surface area contributed by atoms with Gasteiger partial charge in [-0.15, -0.1) is 0 Å². The van der Waals surface area contributed by atoms with Crippen LogP contribution in [-0.4, -0.2) is 87.4 Å². The predicted octanol–water partition coefficient (Wildman–Crippen LogP) is 24.6. The van der Waals surface area contributed by atoms with Crippen molar-refractivity contribution in [2.24, 2.45) is 0 Å². The van der Waals surface area contributed by atoms with Crippen LogP contribution in [0, 0.1) is 0 Å².